The van der Waals surface area contributed by atoms with Gasteiger partial charge in [0.25, 0.3) is 0 Å². The van der Waals surface area contributed by atoms with Crippen molar-refractivity contribution < 1.29 is 27.2 Å². The van der Waals surface area contributed by atoms with Gasteiger partial charge >= 0.3 is 0 Å². The Balaban J connectivity index is 2.08. The van der Waals surface area contributed by atoms with Crippen molar-refractivity contribution in [2.45, 2.75) is 39.8 Å². The lowest BCUT2D eigenvalue weighted by Crippen LogP contribution is -2.53. The van der Waals surface area contributed by atoms with Gasteiger partial charge in [-0.1, -0.05) is 74.5 Å². The largest absolute Gasteiger partial charge is 0.354 e. The quantitative estimate of drug-likeness (QED) is 0.305. The lowest BCUT2D eigenvalue weighted by Gasteiger charge is -2.33. The van der Waals surface area contributed by atoms with Gasteiger partial charge in [0.2, 0.25) is 21.8 Å². The molecule has 8 nitrogen and oxygen atoms in total. The number of halogens is 1. The lowest BCUT2D eigenvalue weighted by molar-refractivity contribution is -0.140. The van der Waals surface area contributed by atoms with Gasteiger partial charge in [-0.05, 0) is 36.6 Å². The molecule has 0 aliphatic rings. The first-order valence-electron chi connectivity index (χ1n) is 13.3. The Morgan fingerprint density at radius 1 is 0.927 bits per heavy atom. The molecule has 2 amide bonds. The van der Waals surface area contributed by atoms with Gasteiger partial charge in [-0.25, -0.2) is 12.8 Å². The number of carbonyl (C=O) groups excluding carboxylic acids is 3. The number of nitrogens with zero attached hydrogens (tertiary/aromatic N) is 2. The second kappa shape index (κ2) is 14.0. The van der Waals surface area contributed by atoms with Crippen LogP contribution in [0.1, 0.15) is 42.3 Å². The summed E-state index contributed by atoms with van der Waals surface area (Å²) < 4.78 is 41.5. The molecule has 3 aromatic rings. The molecular formula is C31H36FN3O5S. The predicted octanol–water partition coefficient (Wildman–Crippen LogP) is 4.21. The molecule has 0 saturated carbocycles. The fourth-order valence-corrected chi connectivity index (χ4v) is 5.12. The standard InChI is InChI=1S/C31H36FN3O5S/c1-22(2)19-33-31(38)29(17-24-11-6-5-7-12-24)34(20-26-13-8-9-16-28(26)32)30(37)21-35(41(4,39)40)27-15-10-14-25(18-27)23(3)36/h5-16,18,22,29H,17,19-21H2,1-4H3,(H,33,38)/t29-/m0/s1. The Labute approximate surface area is 241 Å². The van der Waals surface area contributed by atoms with Crippen LogP contribution < -0.4 is 9.62 Å². The van der Waals surface area contributed by atoms with Crippen molar-refractivity contribution in [2.24, 2.45) is 5.92 Å². The van der Waals surface area contributed by atoms with E-state index < -0.39 is 40.2 Å². The van der Waals surface area contributed by atoms with Gasteiger partial charge in [0.05, 0.1) is 11.9 Å². The summed E-state index contributed by atoms with van der Waals surface area (Å²) in [5.74, 6) is -1.82. The third-order valence-electron chi connectivity index (χ3n) is 6.47. The van der Waals surface area contributed by atoms with Crippen molar-refractivity contribution >= 4 is 33.3 Å². The van der Waals surface area contributed by atoms with Crippen molar-refractivity contribution in [3.05, 3.63) is 101 Å². The van der Waals surface area contributed by atoms with Gasteiger partial charge in [-0.3, -0.25) is 18.7 Å². The van der Waals surface area contributed by atoms with Crippen LogP contribution in [0.3, 0.4) is 0 Å². The van der Waals surface area contributed by atoms with E-state index in [2.05, 4.69) is 5.32 Å². The van der Waals surface area contributed by atoms with Gasteiger partial charge in [-0.15, -0.1) is 0 Å². The molecule has 0 aliphatic carbocycles. The van der Waals surface area contributed by atoms with Crippen molar-refractivity contribution in [1.29, 1.82) is 0 Å². The summed E-state index contributed by atoms with van der Waals surface area (Å²) in [6.45, 7) is 4.68. The first kappa shape index (κ1) is 31.5. The van der Waals surface area contributed by atoms with E-state index in [1.807, 2.05) is 44.2 Å². The van der Waals surface area contributed by atoms with Gasteiger partial charge in [0, 0.05) is 30.6 Å². The minimum absolute atomic E-state index is 0.128. The monoisotopic (exact) mass is 581 g/mol. The molecule has 0 bridgehead atoms. The van der Waals surface area contributed by atoms with Crippen LogP contribution in [0.5, 0.6) is 0 Å². The molecule has 0 spiro atoms. The molecule has 0 saturated heterocycles. The molecule has 0 heterocycles. The molecule has 10 heteroatoms. The zero-order valence-corrected chi connectivity index (χ0v) is 24.5. The molecule has 1 N–H and O–H groups in total. The maximum Gasteiger partial charge on any atom is 0.244 e. The maximum absolute atomic E-state index is 14.8. The average molecular weight is 582 g/mol. The Hall–Kier alpha value is -4.05. The van der Waals surface area contributed by atoms with Crippen molar-refractivity contribution in [1.82, 2.24) is 10.2 Å². The number of amides is 2. The number of anilines is 1. The summed E-state index contributed by atoms with van der Waals surface area (Å²) in [4.78, 5) is 40.8. The summed E-state index contributed by atoms with van der Waals surface area (Å²) in [6, 6.07) is 19.9. The molecule has 218 valence electrons. The zero-order chi connectivity index (χ0) is 30.2. The highest BCUT2D eigenvalue weighted by Gasteiger charge is 2.33. The average Bonchev–Trinajstić information content (AvgIpc) is 2.93. The number of Topliss-reactive ketones (excluding diaryl/α,β-unsaturated/α-hetero) is 1. The summed E-state index contributed by atoms with van der Waals surface area (Å²) >= 11 is 0. The minimum Gasteiger partial charge on any atom is -0.354 e. The SMILES string of the molecule is CC(=O)c1cccc(N(CC(=O)N(Cc2ccccc2F)[C@@H](Cc2ccccc2)C(=O)NCC(C)C)S(C)(=O)=O)c1. The number of ketones is 1. The highest BCUT2D eigenvalue weighted by atomic mass is 32.2. The molecule has 1 atom stereocenters. The number of carbonyl (C=O) groups is 3. The number of hydrogen-bond donors (Lipinski definition) is 1. The molecule has 0 aliphatic heterocycles. The zero-order valence-electron chi connectivity index (χ0n) is 23.7. The van der Waals surface area contributed by atoms with Crippen LogP contribution >= 0.6 is 0 Å². The van der Waals surface area contributed by atoms with Crippen LogP contribution in [0.4, 0.5) is 10.1 Å². The summed E-state index contributed by atoms with van der Waals surface area (Å²) in [5, 5.41) is 2.88. The normalized spacial score (nSPS) is 12.0. The number of benzene rings is 3. The summed E-state index contributed by atoms with van der Waals surface area (Å²) in [5.41, 5.74) is 1.36. The predicted molar refractivity (Wildman–Crippen MR) is 157 cm³/mol. The topological polar surface area (TPSA) is 104 Å². The Kier molecular flexibility index (Phi) is 10.8. The van der Waals surface area contributed by atoms with Crippen LogP contribution in [-0.4, -0.2) is 56.3 Å². The molecule has 0 unspecified atom stereocenters. The van der Waals surface area contributed by atoms with E-state index in [4.69, 9.17) is 0 Å². The lowest BCUT2D eigenvalue weighted by atomic mass is 10.0. The molecule has 41 heavy (non-hydrogen) atoms. The fourth-order valence-electron chi connectivity index (χ4n) is 4.28. The summed E-state index contributed by atoms with van der Waals surface area (Å²) in [6.07, 6.45) is 1.09. The van der Waals surface area contributed by atoms with Crippen LogP contribution in [0.15, 0.2) is 78.9 Å². The second-order valence-electron chi connectivity index (χ2n) is 10.3. The third-order valence-corrected chi connectivity index (χ3v) is 7.61. The van der Waals surface area contributed by atoms with Gasteiger partial charge in [0.15, 0.2) is 5.78 Å². The first-order chi connectivity index (χ1) is 19.4. The molecule has 3 aromatic carbocycles. The summed E-state index contributed by atoms with van der Waals surface area (Å²) in [7, 11) is -4.00. The van der Waals surface area contributed by atoms with Crippen molar-refractivity contribution in [3.63, 3.8) is 0 Å². The molecule has 0 fully saturated rings. The van der Waals surface area contributed by atoms with E-state index in [-0.39, 0.29) is 41.5 Å². The van der Waals surface area contributed by atoms with E-state index in [0.717, 1.165) is 16.1 Å². The van der Waals surface area contributed by atoms with E-state index in [9.17, 15) is 27.2 Å². The van der Waals surface area contributed by atoms with E-state index >= 15 is 0 Å². The molecule has 0 radical (unpaired) electrons. The molecule has 0 aromatic heterocycles. The van der Waals surface area contributed by atoms with Crippen LogP contribution in [0.25, 0.3) is 0 Å². The molecular weight excluding hydrogens is 545 g/mol. The van der Waals surface area contributed by atoms with E-state index in [1.54, 1.807) is 12.1 Å². The van der Waals surface area contributed by atoms with Gasteiger partial charge in [-0.2, -0.15) is 0 Å². The Morgan fingerprint density at radius 2 is 1.59 bits per heavy atom. The Bertz CT molecular complexity index is 1480. The minimum atomic E-state index is -4.00. The maximum atomic E-state index is 14.8. The van der Waals surface area contributed by atoms with Gasteiger partial charge in [0.1, 0.15) is 18.4 Å². The third kappa shape index (κ3) is 8.97. The number of hydrogen-bond acceptors (Lipinski definition) is 5. The van der Waals surface area contributed by atoms with Crippen LogP contribution in [0, 0.1) is 11.7 Å². The van der Waals surface area contributed by atoms with Gasteiger partial charge < -0.3 is 10.2 Å². The van der Waals surface area contributed by atoms with E-state index in [1.165, 1.54) is 48.2 Å². The Morgan fingerprint density at radius 3 is 2.20 bits per heavy atom. The molecule has 3 rings (SSSR count). The number of nitrogens with one attached hydrogen (secondary N) is 1. The van der Waals surface area contributed by atoms with Crippen LogP contribution in [0.2, 0.25) is 0 Å². The highest BCUT2D eigenvalue weighted by molar-refractivity contribution is 7.92. The van der Waals surface area contributed by atoms with Crippen molar-refractivity contribution in [3.8, 4) is 0 Å². The van der Waals surface area contributed by atoms with Crippen molar-refractivity contribution in [2.75, 3.05) is 23.7 Å². The second-order valence-corrected chi connectivity index (χ2v) is 12.2. The smallest absolute Gasteiger partial charge is 0.244 e. The number of sulfonamides is 1. The van der Waals surface area contributed by atoms with E-state index in [0.29, 0.717) is 6.54 Å². The first-order valence-corrected chi connectivity index (χ1v) is 15.1. The number of rotatable bonds is 13. The highest BCUT2D eigenvalue weighted by Crippen LogP contribution is 2.22. The fraction of sp³-hybridized carbons (Fsp3) is 0.323. The van der Waals surface area contributed by atoms with Crippen LogP contribution in [-0.2, 0) is 32.6 Å².